The Morgan fingerprint density at radius 2 is 1.95 bits per heavy atom. The number of hydrogen-bond donors (Lipinski definition) is 1. The first-order chi connectivity index (χ1) is 9.30. The molecule has 2 amide bonds. The van der Waals surface area contributed by atoms with Gasteiger partial charge in [-0.2, -0.15) is 0 Å². The molecular weight excluding hydrogens is 256 g/mol. The maximum Gasteiger partial charge on any atom is 0.329 e. The van der Waals surface area contributed by atoms with E-state index in [1.54, 1.807) is 25.8 Å². The minimum Gasteiger partial charge on any atom is -0.480 e. The van der Waals surface area contributed by atoms with Crippen LogP contribution in [0.2, 0.25) is 0 Å². The number of urea groups is 1. The topological polar surface area (TPSA) is 60.9 Å². The molecule has 5 heteroatoms. The smallest absolute Gasteiger partial charge is 0.329 e. The monoisotopic (exact) mass is 284 g/mol. The Kier molecular flexibility index (Phi) is 5.84. The number of carbonyl (C=O) groups is 2. The molecule has 1 atom stereocenters. The van der Waals surface area contributed by atoms with Crippen molar-refractivity contribution in [2.24, 2.45) is 5.92 Å². The van der Waals surface area contributed by atoms with Crippen molar-refractivity contribution in [3.63, 3.8) is 0 Å². The third-order valence-electron chi connectivity index (χ3n) is 4.46. The lowest BCUT2D eigenvalue weighted by atomic mass is 9.96. The van der Waals surface area contributed by atoms with Crippen LogP contribution in [0.25, 0.3) is 0 Å². The van der Waals surface area contributed by atoms with E-state index in [0.717, 1.165) is 25.9 Å². The lowest BCUT2D eigenvalue weighted by molar-refractivity contribution is -0.147. The molecule has 1 fully saturated rings. The first-order valence-electron chi connectivity index (χ1n) is 7.56. The standard InChI is InChI=1S/C15H28N2O3/c1-5-7-12-8-6-10-17(11-9-12)14(20)16(4)15(2,3)13(18)19/h12H,5-11H2,1-4H3,(H,18,19). The predicted octanol–water partition coefficient (Wildman–Crippen LogP) is 2.80. The molecule has 1 unspecified atom stereocenters. The molecule has 1 aliphatic heterocycles. The lowest BCUT2D eigenvalue weighted by Crippen LogP contribution is -2.55. The predicted molar refractivity (Wildman–Crippen MR) is 78.7 cm³/mol. The van der Waals surface area contributed by atoms with Gasteiger partial charge >= 0.3 is 12.0 Å². The Morgan fingerprint density at radius 3 is 2.50 bits per heavy atom. The summed E-state index contributed by atoms with van der Waals surface area (Å²) >= 11 is 0. The van der Waals surface area contributed by atoms with Gasteiger partial charge in [0.25, 0.3) is 0 Å². The van der Waals surface area contributed by atoms with Crippen LogP contribution in [-0.4, -0.2) is 52.6 Å². The Bertz CT molecular complexity index is 355. The van der Waals surface area contributed by atoms with Crippen molar-refractivity contribution in [2.75, 3.05) is 20.1 Å². The number of amides is 2. The Labute approximate surface area is 121 Å². The summed E-state index contributed by atoms with van der Waals surface area (Å²) in [5.41, 5.74) is -1.17. The third-order valence-corrected chi connectivity index (χ3v) is 4.46. The van der Waals surface area contributed by atoms with Gasteiger partial charge in [0.1, 0.15) is 5.54 Å². The first kappa shape index (κ1) is 16.8. The van der Waals surface area contributed by atoms with E-state index >= 15 is 0 Å². The molecular formula is C15H28N2O3. The number of carboxylic acids is 1. The number of carboxylic acid groups (broad SMARTS) is 1. The molecule has 1 rings (SSSR count). The summed E-state index contributed by atoms with van der Waals surface area (Å²) in [5.74, 6) is -0.275. The van der Waals surface area contributed by atoms with Crippen LogP contribution >= 0.6 is 0 Å². The molecule has 1 aliphatic rings. The van der Waals surface area contributed by atoms with E-state index in [1.807, 2.05) is 0 Å². The summed E-state index contributed by atoms with van der Waals surface area (Å²) in [6, 6.07) is -0.172. The fraction of sp³-hybridized carbons (Fsp3) is 0.867. The minimum atomic E-state index is -1.17. The number of carbonyl (C=O) groups excluding carboxylic acids is 1. The Hall–Kier alpha value is -1.26. The maximum atomic E-state index is 12.5. The second-order valence-corrected chi connectivity index (χ2v) is 6.28. The largest absolute Gasteiger partial charge is 0.480 e. The van der Waals surface area contributed by atoms with Crippen molar-refractivity contribution in [1.29, 1.82) is 0 Å². The molecule has 1 saturated heterocycles. The summed E-state index contributed by atoms with van der Waals surface area (Å²) in [4.78, 5) is 26.8. The number of rotatable bonds is 4. The van der Waals surface area contributed by atoms with Crippen LogP contribution in [0.4, 0.5) is 4.79 Å². The Morgan fingerprint density at radius 1 is 1.30 bits per heavy atom. The highest BCUT2D eigenvalue weighted by Gasteiger charge is 2.37. The second kappa shape index (κ2) is 6.95. The van der Waals surface area contributed by atoms with Gasteiger partial charge in [-0.15, -0.1) is 0 Å². The van der Waals surface area contributed by atoms with Gasteiger partial charge < -0.3 is 14.9 Å². The summed E-state index contributed by atoms with van der Waals surface area (Å²) in [7, 11) is 1.57. The molecule has 1 N–H and O–H groups in total. The molecule has 116 valence electrons. The fourth-order valence-electron chi connectivity index (χ4n) is 2.65. The highest BCUT2D eigenvalue weighted by Crippen LogP contribution is 2.23. The zero-order valence-electron chi connectivity index (χ0n) is 13.2. The molecule has 0 aromatic rings. The molecule has 0 aromatic carbocycles. The van der Waals surface area contributed by atoms with Crippen molar-refractivity contribution in [1.82, 2.24) is 9.80 Å². The van der Waals surface area contributed by atoms with E-state index in [1.165, 1.54) is 24.2 Å². The van der Waals surface area contributed by atoms with Crippen LogP contribution in [-0.2, 0) is 4.79 Å². The van der Waals surface area contributed by atoms with Crippen molar-refractivity contribution < 1.29 is 14.7 Å². The maximum absolute atomic E-state index is 12.5. The van der Waals surface area contributed by atoms with Gasteiger partial charge in [0.15, 0.2) is 0 Å². The minimum absolute atomic E-state index is 0.172. The second-order valence-electron chi connectivity index (χ2n) is 6.28. The molecule has 0 aliphatic carbocycles. The zero-order chi connectivity index (χ0) is 15.3. The summed E-state index contributed by atoms with van der Waals surface area (Å²) in [5, 5.41) is 9.21. The van der Waals surface area contributed by atoms with Gasteiger partial charge in [0.05, 0.1) is 0 Å². The van der Waals surface area contributed by atoms with Crippen LogP contribution in [0, 0.1) is 5.92 Å². The van der Waals surface area contributed by atoms with E-state index in [-0.39, 0.29) is 6.03 Å². The van der Waals surface area contributed by atoms with Crippen LogP contribution in [0.15, 0.2) is 0 Å². The highest BCUT2D eigenvalue weighted by molar-refractivity contribution is 5.85. The van der Waals surface area contributed by atoms with Crippen molar-refractivity contribution >= 4 is 12.0 Å². The van der Waals surface area contributed by atoms with Gasteiger partial charge in [-0.25, -0.2) is 9.59 Å². The van der Waals surface area contributed by atoms with Crippen LogP contribution < -0.4 is 0 Å². The molecule has 0 bridgehead atoms. The van der Waals surface area contributed by atoms with Gasteiger partial charge in [-0.3, -0.25) is 0 Å². The van der Waals surface area contributed by atoms with E-state index in [4.69, 9.17) is 0 Å². The van der Waals surface area contributed by atoms with Gasteiger partial charge in [0.2, 0.25) is 0 Å². The summed E-state index contributed by atoms with van der Waals surface area (Å²) < 4.78 is 0. The average molecular weight is 284 g/mol. The molecule has 1 heterocycles. The molecule has 5 nitrogen and oxygen atoms in total. The molecule has 0 radical (unpaired) electrons. The lowest BCUT2D eigenvalue weighted by Gasteiger charge is -2.35. The van der Waals surface area contributed by atoms with Crippen LogP contribution in [0.3, 0.4) is 0 Å². The molecule has 20 heavy (non-hydrogen) atoms. The van der Waals surface area contributed by atoms with Gasteiger partial charge in [-0.05, 0) is 39.0 Å². The number of likely N-dealkylation sites (tertiary alicyclic amines) is 1. The number of likely N-dealkylation sites (N-methyl/N-ethyl adjacent to an activating group) is 1. The number of nitrogens with zero attached hydrogens (tertiary/aromatic N) is 2. The molecule has 0 aromatic heterocycles. The van der Waals surface area contributed by atoms with Gasteiger partial charge in [-0.1, -0.05) is 19.8 Å². The van der Waals surface area contributed by atoms with Gasteiger partial charge in [0, 0.05) is 20.1 Å². The van der Waals surface area contributed by atoms with E-state index in [9.17, 15) is 14.7 Å². The fourth-order valence-corrected chi connectivity index (χ4v) is 2.65. The van der Waals surface area contributed by atoms with E-state index < -0.39 is 11.5 Å². The van der Waals surface area contributed by atoms with Crippen molar-refractivity contribution in [3.05, 3.63) is 0 Å². The highest BCUT2D eigenvalue weighted by atomic mass is 16.4. The normalized spacial score (nSPS) is 20.4. The Balaban J connectivity index is 2.66. The quantitative estimate of drug-likeness (QED) is 0.863. The average Bonchev–Trinajstić information content (AvgIpc) is 2.63. The summed E-state index contributed by atoms with van der Waals surface area (Å²) in [6.07, 6.45) is 5.62. The van der Waals surface area contributed by atoms with Crippen LogP contribution in [0.1, 0.15) is 52.9 Å². The third kappa shape index (κ3) is 3.87. The van der Waals surface area contributed by atoms with Crippen LogP contribution in [0.5, 0.6) is 0 Å². The molecule has 0 spiro atoms. The van der Waals surface area contributed by atoms with E-state index in [2.05, 4.69) is 6.92 Å². The first-order valence-corrected chi connectivity index (χ1v) is 7.56. The zero-order valence-corrected chi connectivity index (χ0v) is 13.2. The van der Waals surface area contributed by atoms with Crippen molar-refractivity contribution in [3.8, 4) is 0 Å². The number of aliphatic carboxylic acids is 1. The number of hydrogen-bond acceptors (Lipinski definition) is 2. The van der Waals surface area contributed by atoms with Crippen molar-refractivity contribution in [2.45, 2.75) is 58.4 Å². The molecule has 0 saturated carbocycles. The van der Waals surface area contributed by atoms with E-state index in [0.29, 0.717) is 5.92 Å². The summed E-state index contributed by atoms with van der Waals surface area (Å²) in [6.45, 7) is 6.79. The SMILES string of the molecule is CCCC1CCCN(C(=O)N(C)C(C)(C)C(=O)O)CC1.